The van der Waals surface area contributed by atoms with Gasteiger partial charge in [0.15, 0.2) is 23.2 Å². The van der Waals surface area contributed by atoms with E-state index in [1.165, 1.54) is 0 Å². The number of hydrogen-bond donors (Lipinski definition) is 2. The molecule has 1 amide bonds. The highest BCUT2D eigenvalue weighted by Crippen LogP contribution is 2.50. The molecule has 0 radical (unpaired) electrons. The number of rotatable bonds is 9. The van der Waals surface area contributed by atoms with E-state index in [9.17, 15) is 19.8 Å². The molecule has 10 nitrogen and oxygen atoms in total. The summed E-state index contributed by atoms with van der Waals surface area (Å²) >= 11 is 0. The van der Waals surface area contributed by atoms with E-state index in [-0.39, 0.29) is 43.4 Å². The normalized spacial score (nSPS) is 27.8. The van der Waals surface area contributed by atoms with Crippen molar-refractivity contribution < 1.29 is 38.7 Å². The molecule has 10 heteroatoms. The highest BCUT2D eigenvalue weighted by molar-refractivity contribution is 5.88. The van der Waals surface area contributed by atoms with Gasteiger partial charge in [0.25, 0.3) is 0 Å². The van der Waals surface area contributed by atoms with Crippen LogP contribution >= 0.6 is 0 Å². The second-order valence-corrected chi connectivity index (χ2v) is 13.6. The van der Waals surface area contributed by atoms with E-state index in [2.05, 4.69) is 17.0 Å². The highest BCUT2D eigenvalue weighted by Gasteiger charge is 2.52. The van der Waals surface area contributed by atoms with Gasteiger partial charge in [-0.15, -0.1) is 0 Å². The first kappa shape index (κ1) is 30.2. The number of benzene rings is 1. The summed E-state index contributed by atoms with van der Waals surface area (Å²) in [4.78, 5) is 31.6. The maximum absolute atomic E-state index is 14.2. The van der Waals surface area contributed by atoms with Crippen LogP contribution in [-0.2, 0) is 25.5 Å². The fourth-order valence-corrected chi connectivity index (χ4v) is 7.80. The molecule has 5 atom stereocenters. The lowest BCUT2D eigenvalue weighted by molar-refractivity contribution is -0.178. The maximum atomic E-state index is 14.2. The molecule has 0 spiro atoms. The summed E-state index contributed by atoms with van der Waals surface area (Å²) in [6.07, 6.45) is 6.43. The molecule has 2 fully saturated rings. The van der Waals surface area contributed by atoms with Crippen LogP contribution in [0.1, 0.15) is 82.3 Å². The van der Waals surface area contributed by atoms with Gasteiger partial charge >= 0.3 is 5.97 Å². The summed E-state index contributed by atoms with van der Waals surface area (Å²) in [7, 11) is 1.59. The van der Waals surface area contributed by atoms with Gasteiger partial charge in [0.1, 0.15) is 5.76 Å². The van der Waals surface area contributed by atoms with Crippen LogP contribution in [0.5, 0.6) is 11.5 Å². The molecule has 0 bridgehead atoms. The lowest BCUT2D eigenvalue weighted by Gasteiger charge is -2.48. The minimum Gasteiger partial charge on any atom is -0.497 e. The van der Waals surface area contributed by atoms with Crippen LogP contribution in [0, 0.1) is 5.92 Å². The molecule has 2 saturated heterocycles. The number of esters is 1. The number of nitrogens with zero attached hydrogens (tertiary/aromatic N) is 2. The lowest BCUT2D eigenvalue weighted by Crippen LogP contribution is -2.55. The lowest BCUT2D eigenvalue weighted by atomic mass is 9.71. The second-order valence-electron chi connectivity index (χ2n) is 13.6. The molecule has 2 N–H and O–H groups in total. The van der Waals surface area contributed by atoms with Crippen molar-refractivity contribution in [1.82, 2.24) is 9.80 Å². The first-order valence-electron chi connectivity index (χ1n) is 15.9. The van der Waals surface area contributed by atoms with E-state index in [1.54, 1.807) is 25.9 Å². The molecule has 236 valence electrons. The van der Waals surface area contributed by atoms with Crippen LogP contribution in [0.25, 0.3) is 0 Å². The molecule has 0 saturated carbocycles. The third-order valence-corrected chi connectivity index (χ3v) is 9.99. The first-order chi connectivity index (χ1) is 20.6. The van der Waals surface area contributed by atoms with Gasteiger partial charge < -0.3 is 34.1 Å². The van der Waals surface area contributed by atoms with Crippen molar-refractivity contribution in [3.63, 3.8) is 0 Å². The number of carbonyl (C=O) groups is 2. The number of amides is 1. The minimum absolute atomic E-state index is 0.00622. The Kier molecular flexibility index (Phi) is 8.39. The van der Waals surface area contributed by atoms with Crippen molar-refractivity contribution in [3.05, 3.63) is 35.1 Å². The van der Waals surface area contributed by atoms with Crippen molar-refractivity contribution in [2.45, 2.75) is 101 Å². The van der Waals surface area contributed by atoms with Crippen LogP contribution in [0.2, 0.25) is 0 Å². The van der Waals surface area contributed by atoms with E-state index in [0.717, 1.165) is 62.1 Å². The van der Waals surface area contributed by atoms with Crippen molar-refractivity contribution >= 4 is 11.9 Å². The van der Waals surface area contributed by atoms with E-state index in [0.29, 0.717) is 37.4 Å². The Morgan fingerprint density at radius 1 is 1.02 bits per heavy atom. The fourth-order valence-electron chi connectivity index (χ4n) is 7.80. The molecule has 1 aromatic rings. The smallest absolute Gasteiger partial charge is 0.339 e. The van der Waals surface area contributed by atoms with Crippen LogP contribution in [0.4, 0.5) is 0 Å². The molecular formula is C33H46N2O8. The number of fused-ring (bicyclic) bond motifs is 3. The molecule has 5 unspecified atom stereocenters. The summed E-state index contributed by atoms with van der Waals surface area (Å²) in [6, 6.07) is 4.17. The third kappa shape index (κ3) is 6.11. The fraction of sp³-hybridized carbons (Fsp3) is 0.697. The SMILES string of the molecule is COC1=CC2CCCN3CCc4cc5c(cc4C(C1OC(=O)C(O)(CCCC(C)(C)O)CC(=O)N1CCCC1)C23)OCO5. The monoisotopic (exact) mass is 598 g/mol. The Morgan fingerprint density at radius 2 is 1.77 bits per heavy atom. The van der Waals surface area contributed by atoms with E-state index < -0.39 is 23.3 Å². The number of piperidine rings is 1. The molecule has 6 rings (SSSR count). The van der Waals surface area contributed by atoms with Crippen LogP contribution < -0.4 is 9.47 Å². The topological polar surface area (TPSA) is 118 Å². The summed E-state index contributed by atoms with van der Waals surface area (Å²) in [5, 5.41) is 22.2. The van der Waals surface area contributed by atoms with Crippen molar-refractivity contribution in [2.75, 3.05) is 40.1 Å². The van der Waals surface area contributed by atoms with Crippen LogP contribution in [0.3, 0.4) is 0 Å². The zero-order valence-corrected chi connectivity index (χ0v) is 25.7. The Hall–Kier alpha value is -2.82. The van der Waals surface area contributed by atoms with Crippen molar-refractivity contribution in [1.29, 1.82) is 0 Å². The van der Waals surface area contributed by atoms with Gasteiger partial charge in [-0.3, -0.25) is 9.69 Å². The molecule has 1 aromatic carbocycles. The highest BCUT2D eigenvalue weighted by atomic mass is 16.7. The predicted molar refractivity (Wildman–Crippen MR) is 158 cm³/mol. The predicted octanol–water partition coefficient (Wildman–Crippen LogP) is 3.28. The quantitative estimate of drug-likeness (QED) is 0.413. The zero-order chi connectivity index (χ0) is 30.4. The summed E-state index contributed by atoms with van der Waals surface area (Å²) in [5.74, 6) is 0.866. The molecule has 0 aromatic heterocycles. The van der Waals surface area contributed by atoms with Crippen molar-refractivity contribution in [2.24, 2.45) is 5.92 Å². The minimum atomic E-state index is -2.03. The van der Waals surface area contributed by atoms with Gasteiger partial charge in [0.2, 0.25) is 12.7 Å². The number of ether oxygens (including phenoxy) is 4. The molecule has 43 heavy (non-hydrogen) atoms. The Labute approximate surface area is 253 Å². The van der Waals surface area contributed by atoms with Gasteiger partial charge in [-0.1, -0.05) is 0 Å². The Morgan fingerprint density at radius 3 is 2.49 bits per heavy atom. The Bertz CT molecular complexity index is 1250. The summed E-state index contributed by atoms with van der Waals surface area (Å²) < 4.78 is 23.8. The van der Waals surface area contributed by atoms with E-state index >= 15 is 0 Å². The van der Waals surface area contributed by atoms with Crippen LogP contribution in [-0.4, -0.2) is 95.3 Å². The number of aliphatic hydroxyl groups is 2. The third-order valence-electron chi connectivity index (χ3n) is 9.99. The molecule has 5 aliphatic rings. The molecular weight excluding hydrogens is 552 g/mol. The van der Waals surface area contributed by atoms with E-state index in [1.807, 2.05) is 6.07 Å². The molecule has 4 heterocycles. The average molecular weight is 599 g/mol. The first-order valence-corrected chi connectivity index (χ1v) is 15.9. The average Bonchev–Trinajstić information content (AvgIpc) is 3.64. The van der Waals surface area contributed by atoms with Crippen LogP contribution in [0.15, 0.2) is 24.0 Å². The van der Waals surface area contributed by atoms with Gasteiger partial charge in [-0.25, -0.2) is 4.79 Å². The number of hydrogen-bond acceptors (Lipinski definition) is 9. The zero-order valence-electron chi connectivity index (χ0n) is 25.7. The number of methoxy groups -OCH3 is 1. The molecule has 4 aliphatic heterocycles. The maximum Gasteiger partial charge on any atom is 0.339 e. The van der Waals surface area contributed by atoms with Gasteiger partial charge in [-0.05, 0) is 107 Å². The van der Waals surface area contributed by atoms with Gasteiger partial charge in [-0.2, -0.15) is 0 Å². The van der Waals surface area contributed by atoms with Gasteiger partial charge in [0, 0.05) is 31.6 Å². The number of likely N-dealkylation sites (tertiary alicyclic amines) is 1. The van der Waals surface area contributed by atoms with E-state index in [4.69, 9.17) is 18.9 Å². The largest absolute Gasteiger partial charge is 0.497 e. The summed E-state index contributed by atoms with van der Waals surface area (Å²) in [6.45, 7) is 6.65. The molecule has 1 aliphatic carbocycles. The standard InChI is InChI=1S/C33H46N2O8/c1-32(2,38)10-7-11-33(39,19-27(36)34-12-4-5-13-34)31(37)43-30-26(40-3)17-22-8-6-14-35-15-9-21-16-24-25(42-20-41-24)18-23(21)28(30)29(22)35/h16-18,22,28-30,38-39H,4-15,19-20H2,1-3H3. The summed E-state index contributed by atoms with van der Waals surface area (Å²) in [5.41, 5.74) is -0.822. The Balaban J connectivity index is 1.35. The second kappa shape index (κ2) is 11.9. The van der Waals surface area contributed by atoms with Crippen molar-refractivity contribution in [3.8, 4) is 11.5 Å². The number of carbonyl (C=O) groups excluding carboxylic acids is 2. The van der Waals surface area contributed by atoms with Gasteiger partial charge in [0.05, 0.1) is 19.1 Å².